The second-order valence-corrected chi connectivity index (χ2v) is 4.81. The minimum Gasteiger partial charge on any atom is -0.353 e. The Bertz CT molecular complexity index is 782. The van der Waals surface area contributed by atoms with Crippen LogP contribution in [0.3, 0.4) is 0 Å². The average molecular weight is 307 g/mol. The van der Waals surface area contributed by atoms with Crippen molar-refractivity contribution in [1.82, 2.24) is 19.9 Å². The second kappa shape index (κ2) is 5.28. The van der Waals surface area contributed by atoms with Crippen molar-refractivity contribution in [1.29, 1.82) is 0 Å². The van der Waals surface area contributed by atoms with Crippen molar-refractivity contribution in [2.75, 3.05) is 11.9 Å². The molecular formula is C14H12F3N5. The van der Waals surface area contributed by atoms with Gasteiger partial charge in [-0.2, -0.15) is 13.2 Å². The van der Waals surface area contributed by atoms with E-state index in [1.807, 2.05) is 30.3 Å². The van der Waals surface area contributed by atoms with E-state index in [1.165, 1.54) is 6.33 Å². The fourth-order valence-corrected chi connectivity index (χ4v) is 2.15. The zero-order valence-corrected chi connectivity index (χ0v) is 11.6. The van der Waals surface area contributed by atoms with E-state index in [4.69, 9.17) is 0 Å². The molecule has 3 aromatic rings. The highest BCUT2D eigenvalue weighted by molar-refractivity contribution is 5.83. The number of rotatable bonds is 3. The third-order valence-corrected chi connectivity index (χ3v) is 3.14. The van der Waals surface area contributed by atoms with Gasteiger partial charge in [0.2, 0.25) is 5.82 Å². The van der Waals surface area contributed by atoms with Gasteiger partial charge in [0.1, 0.15) is 5.52 Å². The van der Waals surface area contributed by atoms with E-state index in [1.54, 1.807) is 11.9 Å². The van der Waals surface area contributed by atoms with Crippen LogP contribution in [0.4, 0.5) is 19.0 Å². The highest BCUT2D eigenvalue weighted by Crippen LogP contribution is 2.30. The largest absolute Gasteiger partial charge is 0.451 e. The van der Waals surface area contributed by atoms with E-state index in [-0.39, 0.29) is 11.5 Å². The number of hydrogen-bond donors (Lipinski definition) is 1. The molecule has 1 aromatic carbocycles. The molecule has 2 heterocycles. The Hall–Kier alpha value is -2.64. The van der Waals surface area contributed by atoms with Gasteiger partial charge in [0.05, 0.1) is 6.33 Å². The summed E-state index contributed by atoms with van der Waals surface area (Å²) in [7, 11) is 1.68. The molecule has 2 aromatic heterocycles. The molecule has 5 nitrogen and oxygen atoms in total. The number of benzene rings is 1. The SMILES string of the molecule is CN(Cc1ccccc1)c1nc(C(F)(F)F)nc2nc[nH]c12. The molecule has 8 heteroatoms. The maximum atomic E-state index is 12.9. The number of hydrogen-bond acceptors (Lipinski definition) is 4. The number of anilines is 1. The zero-order chi connectivity index (χ0) is 15.7. The Kier molecular flexibility index (Phi) is 3.44. The molecule has 114 valence electrons. The molecule has 3 rings (SSSR count). The molecule has 0 saturated heterocycles. The van der Waals surface area contributed by atoms with Crippen LogP contribution in [-0.2, 0) is 12.7 Å². The first kappa shape index (κ1) is 14.3. The Morgan fingerprint density at radius 2 is 1.86 bits per heavy atom. The molecule has 0 saturated carbocycles. The van der Waals surface area contributed by atoms with Gasteiger partial charge in [-0.15, -0.1) is 0 Å². The van der Waals surface area contributed by atoms with Gasteiger partial charge in [-0.3, -0.25) is 0 Å². The van der Waals surface area contributed by atoms with Gasteiger partial charge in [0.25, 0.3) is 0 Å². The Balaban J connectivity index is 2.03. The number of fused-ring (bicyclic) bond motifs is 1. The van der Waals surface area contributed by atoms with E-state index in [0.29, 0.717) is 12.1 Å². The monoisotopic (exact) mass is 307 g/mol. The van der Waals surface area contributed by atoms with Crippen molar-refractivity contribution in [3.8, 4) is 0 Å². The van der Waals surface area contributed by atoms with Crippen LogP contribution >= 0.6 is 0 Å². The Morgan fingerprint density at radius 3 is 2.55 bits per heavy atom. The quantitative estimate of drug-likeness (QED) is 0.808. The standard InChI is InChI=1S/C14H12F3N5/c1-22(7-9-5-3-2-4-6-9)12-10-11(19-8-18-10)20-13(21-12)14(15,16)17/h2-6,8H,7H2,1H3,(H,18,19,20,21). The van der Waals surface area contributed by atoms with Crippen molar-refractivity contribution in [3.63, 3.8) is 0 Å². The van der Waals surface area contributed by atoms with Gasteiger partial charge in [0.15, 0.2) is 11.5 Å². The predicted molar refractivity (Wildman–Crippen MR) is 75.2 cm³/mol. The first-order chi connectivity index (χ1) is 10.4. The number of aromatic nitrogens is 4. The summed E-state index contributed by atoms with van der Waals surface area (Å²) in [6.45, 7) is 0.420. The van der Waals surface area contributed by atoms with E-state index < -0.39 is 12.0 Å². The van der Waals surface area contributed by atoms with Gasteiger partial charge < -0.3 is 9.88 Å². The molecule has 0 aliphatic rings. The topological polar surface area (TPSA) is 57.7 Å². The number of alkyl halides is 3. The summed E-state index contributed by atoms with van der Waals surface area (Å²) in [5, 5.41) is 0. The molecule has 22 heavy (non-hydrogen) atoms. The number of aromatic amines is 1. The molecule has 0 fully saturated rings. The summed E-state index contributed by atoms with van der Waals surface area (Å²) >= 11 is 0. The van der Waals surface area contributed by atoms with Crippen LogP contribution in [0.2, 0.25) is 0 Å². The molecule has 0 spiro atoms. The van der Waals surface area contributed by atoms with Crippen LogP contribution < -0.4 is 4.90 Å². The van der Waals surface area contributed by atoms with Crippen LogP contribution in [0.15, 0.2) is 36.7 Å². The van der Waals surface area contributed by atoms with E-state index in [2.05, 4.69) is 19.9 Å². The van der Waals surface area contributed by atoms with Crippen LogP contribution in [0.5, 0.6) is 0 Å². The minimum atomic E-state index is -4.62. The third-order valence-electron chi connectivity index (χ3n) is 3.14. The van der Waals surface area contributed by atoms with Crippen molar-refractivity contribution in [3.05, 3.63) is 48.0 Å². The summed E-state index contributed by atoms with van der Waals surface area (Å²) in [4.78, 5) is 15.3. The number of imidazole rings is 1. The first-order valence-electron chi connectivity index (χ1n) is 6.48. The van der Waals surface area contributed by atoms with Gasteiger partial charge in [0, 0.05) is 13.6 Å². The predicted octanol–water partition coefficient (Wildman–Crippen LogP) is 3.01. The van der Waals surface area contributed by atoms with Crippen molar-refractivity contribution in [2.45, 2.75) is 12.7 Å². The summed E-state index contributed by atoms with van der Waals surface area (Å²) in [6, 6.07) is 9.41. The van der Waals surface area contributed by atoms with E-state index in [0.717, 1.165) is 5.56 Å². The lowest BCUT2D eigenvalue weighted by Crippen LogP contribution is -2.21. The second-order valence-electron chi connectivity index (χ2n) is 4.81. The summed E-state index contributed by atoms with van der Waals surface area (Å²) in [5.74, 6) is -1.03. The molecular weight excluding hydrogens is 295 g/mol. The fraction of sp³-hybridized carbons (Fsp3) is 0.214. The molecule has 0 aliphatic heterocycles. The number of H-pyrrole nitrogens is 1. The highest BCUT2D eigenvalue weighted by atomic mass is 19.4. The number of nitrogens with zero attached hydrogens (tertiary/aromatic N) is 4. The van der Waals surface area contributed by atoms with Crippen LogP contribution in [0.25, 0.3) is 11.2 Å². The molecule has 0 unspecified atom stereocenters. The molecule has 0 aliphatic carbocycles. The summed E-state index contributed by atoms with van der Waals surface area (Å²) in [6.07, 6.45) is -3.31. The molecule has 1 N–H and O–H groups in total. The average Bonchev–Trinajstić information content (AvgIpc) is 2.94. The van der Waals surface area contributed by atoms with Crippen LogP contribution in [0, 0.1) is 0 Å². The van der Waals surface area contributed by atoms with Crippen molar-refractivity contribution < 1.29 is 13.2 Å². The third kappa shape index (κ3) is 2.72. The van der Waals surface area contributed by atoms with Crippen molar-refractivity contribution in [2.24, 2.45) is 0 Å². The van der Waals surface area contributed by atoms with E-state index >= 15 is 0 Å². The van der Waals surface area contributed by atoms with Gasteiger partial charge in [-0.05, 0) is 5.56 Å². The molecule has 0 radical (unpaired) electrons. The highest BCUT2D eigenvalue weighted by Gasteiger charge is 2.36. The van der Waals surface area contributed by atoms with Gasteiger partial charge >= 0.3 is 6.18 Å². The lowest BCUT2D eigenvalue weighted by Gasteiger charge is -2.19. The van der Waals surface area contributed by atoms with Crippen LogP contribution in [-0.4, -0.2) is 27.0 Å². The van der Waals surface area contributed by atoms with Gasteiger partial charge in [-0.25, -0.2) is 15.0 Å². The molecule has 0 atom stereocenters. The maximum Gasteiger partial charge on any atom is 0.451 e. The van der Waals surface area contributed by atoms with E-state index in [9.17, 15) is 13.2 Å². The van der Waals surface area contributed by atoms with Crippen LogP contribution in [0.1, 0.15) is 11.4 Å². The minimum absolute atomic E-state index is 0.00256. The number of nitrogens with one attached hydrogen (secondary N) is 1. The fourth-order valence-electron chi connectivity index (χ4n) is 2.15. The lowest BCUT2D eigenvalue weighted by atomic mass is 10.2. The maximum absolute atomic E-state index is 12.9. The summed E-state index contributed by atoms with van der Waals surface area (Å²) < 4.78 is 38.7. The van der Waals surface area contributed by atoms with Gasteiger partial charge in [-0.1, -0.05) is 30.3 Å². The zero-order valence-electron chi connectivity index (χ0n) is 11.6. The Labute approximate surface area is 123 Å². The van der Waals surface area contributed by atoms with Crippen molar-refractivity contribution >= 4 is 17.0 Å². The molecule has 0 amide bonds. The Morgan fingerprint density at radius 1 is 1.14 bits per heavy atom. The molecule has 0 bridgehead atoms. The first-order valence-corrected chi connectivity index (χ1v) is 6.48. The lowest BCUT2D eigenvalue weighted by molar-refractivity contribution is -0.144. The normalized spacial score (nSPS) is 11.8. The summed E-state index contributed by atoms with van der Waals surface area (Å²) in [5.41, 5.74) is 1.34. The smallest absolute Gasteiger partial charge is 0.353 e. The number of halogens is 3.